The Morgan fingerprint density at radius 1 is 0.909 bits per heavy atom. The third kappa shape index (κ3) is 0.703. The van der Waals surface area contributed by atoms with Crippen LogP contribution < -0.4 is 0 Å². The Morgan fingerprint density at radius 3 is 2.64 bits per heavy atom. The van der Waals surface area contributed by atoms with Crippen LogP contribution in [0, 0.1) is 23.7 Å². The number of aliphatic hydroxyl groups is 1. The Hall–Kier alpha value is -0.0400. The standard InChI is InChI=1S/C10H16O/c11-10-5-6-4-9(10)8-3-1-2-7(6)8/h6-11H,1-5H2/t6-,7+,8+,9-,10?/m0/s1. The van der Waals surface area contributed by atoms with Gasteiger partial charge in [0.1, 0.15) is 0 Å². The molecule has 0 aliphatic heterocycles. The van der Waals surface area contributed by atoms with Crippen LogP contribution >= 0.6 is 0 Å². The van der Waals surface area contributed by atoms with E-state index in [0.717, 1.165) is 24.2 Å². The Labute approximate surface area is 67.8 Å². The van der Waals surface area contributed by atoms with Gasteiger partial charge in [-0.25, -0.2) is 0 Å². The number of rotatable bonds is 0. The SMILES string of the molecule is OC1C[C@@H]2C[C@H]1[C@@H]1CCC[C@H]21. The average molecular weight is 152 g/mol. The molecular formula is C10H16O. The highest BCUT2D eigenvalue weighted by Crippen LogP contribution is 2.58. The van der Waals surface area contributed by atoms with Crippen molar-refractivity contribution in [1.29, 1.82) is 0 Å². The van der Waals surface area contributed by atoms with Crippen LogP contribution in [0.15, 0.2) is 0 Å². The third-order valence-corrected chi connectivity index (χ3v) is 4.39. The van der Waals surface area contributed by atoms with E-state index in [9.17, 15) is 5.11 Å². The van der Waals surface area contributed by atoms with Crippen molar-refractivity contribution in [3.05, 3.63) is 0 Å². The summed E-state index contributed by atoms with van der Waals surface area (Å²) in [5.74, 6) is 3.60. The molecule has 3 rings (SSSR count). The van der Waals surface area contributed by atoms with Gasteiger partial charge in [0, 0.05) is 0 Å². The van der Waals surface area contributed by atoms with Gasteiger partial charge in [-0.05, 0) is 49.4 Å². The van der Waals surface area contributed by atoms with Crippen molar-refractivity contribution in [3.8, 4) is 0 Å². The molecule has 62 valence electrons. The Morgan fingerprint density at radius 2 is 1.73 bits per heavy atom. The first-order valence-electron chi connectivity index (χ1n) is 5.04. The maximum atomic E-state index is 9.67. The second-order valence-electron chi connectivity index (χ2n) is 4.72. The van der Waals surface area contributed by atoms with Crippen molar-refractivity contribution in [2.75, 3.05) is 0 Å². The van der Waals surface area contributed by atoms with Gasteiger partial charge in [0.25, 0.3) is 0 Å². The van der Waals surface area contributed by atoms with Crippen molar-refractivity contribution in [2.45, 2.75) is 38.2 Å². The molecule has 11 heavy (non-hydrogen) atoms. The number of hydrogen-bond acceptors (Lipinski definition) is 1. The lowest BCUT2D eigenvalue weighted by atomic mass is 9.80. The highest BCUT2D eigenvalue weighted by molar-refractivity contribution is 5.02. The molecule has 0 aromatic heterocycles. The van der Waals surface area contributed by atoms with Crippen LogP contribution in [0.3, 0.4) is 0 Å². The highest BCUT2D eigenvalue weighted by atomic mass is 16.3. The molecule has 3 saturated carbocycles. The van der Waals surface area contributed by atoms with E-state index in [4.69, 9.17) is 0 Å². The lowest BCUT2D eigenvalue weighted by molar-refractivity contribution is 0.0642. The molecule has 0 aromatic rings. The van der Waals surface area contributed by atoms with Gasteiger partial charge < -0.3 is 5.11 Å². The van der Waals surface area contributed by atoms with Crippen molar-refractivity contribution in [3.63, 3.8) is 0 Å². The van der Waals surface area contributed by atoms with Crippen LogP contribution in [-0.4, -0.2) is 11.2 Å². The fraction of sp³-hybridized carbons (Fsp3) is 1.00. The van der Waals surface area contributed by atoms with Gasteiger partial charge in [-0.1, -0.05) is 6.42 Å². The van der Waals surface area contributed by atoms with E-state index in [1.807, 2.05) is 0 Å². The molecule has 5 atom stereocenters. The van der Waals surface area contributed by atoms with Gasteiger partial charge in [-0.2, -0.15) is 0 Å². The van der Waals surface area contributed by atoms with Crippen LogP contribution in [0.5, 0.6) is 0 Å². The van der Waals surface area contributed by atoms with E-state index in [2.05, 4.69) is 0 Å². The molecule has 0 radical (unpaired) electrons. The molecule has 3 aliphatic rings. The van der Waals surface area contributed by atoms with Gasteiger partial charge in [0.15, 0.2) is 0 Å². The van der Waals surface area contributed by atoms with Crippen LogP contribution in [0.25, 0.3) is 0 Å². The Kier molecular flexibility index (Phi) is 1.18. The second-order valence-corrected chi connectivity index (χ2v) is 4.72. The summed E-state index contributed by atoms with van der Waals surface area (Å²) in [6, 6.07) is 0. The maximum Gasteiger partial charge on any atom is 0.0574 e. The summed E-state index contributed by atoms with van der Waals surface area (Å²) in [4.78, 5) is 0. The van der Waals surface area contributed by atoms with E-state index in [1.165, 1.54) is 25.7 Å². The van der Waals surface area contributed by atoms with Crippen molar-refractivity contribution in [2.24, 2.45) is 23.7 Å². The summed E-state index contributed by atoms with van der Waals surface area (Å²) in [5.41, 5.74) is 0. The smallest absolute Gasteiger partial charge is 0.0574 e. The molecular weight excluding hydrogens is 136 g/mol. The highest BCUT2D eigenvalue weighted by Gasteiger charge is 2.53. The average Bonchev–Trinajstić information content (AvgIpc) is 2.52. The molecule has 0 saturated heterocycles. The molecule has 3 fully saturated rings. The number of fused-ring (bicyclic) bond motifs is 5. The van der Waals surface area contributed by atoms with Crippen LogP contribution in [0.2, 0.25) is 0 Å². The predicted molar refractivity (Wildman–Crippen MR) is 43.1 cm³/mol. The van der Waals surface area contributed by atoms with Crippen molar-refractivity contribution >= 4 is 0 Å². The fourth-order valence-corrected chi connectivity index (χ4v) is 4.03. The minimum absolute atomic E-state index is 0.0827. The van der Waals surface area contributed by atoms with Gasteiger partial charge >= 0.3 is 0 Å². The van der Waals surface area contributed by atoms with Gasteiger partial charge in [0.2, 0.25) is 0 Å². The largest absolute Gasteiger partial charge is 0.393 e. The molecule has 0 aromatic carbocycles. The van der Waals surface area contributed by atoms with Crippen LogP contribution in [-0.2, 0) is 0 Å². The fourth-order valence-electron chi connectivity index (χ4n) is 4.03. The van der Waals surface area contributed by atoms with E-state index in [-0.39, 0.29) is 6.10 Å². The number of aliphatic hydroxyl groups excluding tert-OH is 1. The molecule has 1 unspecified atom stereocenters. The lowest BCUT2D eigenvalue weighted by Crippen LogP contribution is -2.27. The van der Waals surface area contributed by atoms with Crippen molar-refractivity contribution < 1.29 is 5.11 Å². The monoisotopic (exact) mass is 152 g/mol. The maximum absolute atomic E-state index is 9.67. The summed E-state index contributed by atoms with van der Waals surface area (Å²) in [7, 11) is 0. The van der Waals surface area contributed by atoms with E-state index in [1.54, 1.807) is 0 Å². The first-order valence-corrected chi connectivity index (χ1v) is 5.04. The third-order valence-electron chi connectivity index (χ3n) is 4.39. The summed E-state index contributed by atoms with van der Waals surface area (Å²) in [6.45, 7) is 0. The number of hydrogen-bond donors (Lipinski definition) is 1. The van der Waals surface area contributed by atoms with Crippen LogP contribution in [0.1, 0.15) is 32.1 Å². The molecule has 0 heterocycles. The lowest BCUT2D eigenvalue weighted by Gasteiger charge is -2.28. The first-order chi connectivity index (χ1) is 5.36. The summed E-state index contributed by atoms with van der Waals surface area (Å²) in [5, 5.41) is 9.67. The summed E-state index contributed by atoms with van der Waals surface area (Å²) >= 11 is 0. The Bertz CT molecular complexity index is 178. The Balaban J connectivity index is 1.90. The molecule has 0 amide bonds. The molecule has 3 aliphatic carbocycles. The zero-order valence-corrected chi connectivity index (χ0v) is 6.87. The molecule has 1 N–H and O–H groups in total. The van der Waals surface area contributed by atoms with Gasteiger partial charge in [-0.15, -0.1) is 0 Å². The first kappa shape index (κ1) is 6.47. The topological polar surface area (TPSA) is 20.2 Å². The van der Waals surface area contributed by atoms with Gasteiger partial charge in [0.05, 0.1) is 6.10 Å². The molecule has 2 bridgehead atoms. The van der Waals surface area contributed by atoms with Crippen LogP contribution in [0.4, 0.5) is 0 Å². The van der Waals surface area contributed by atoms with E-state index < -0.39 is 0 Å². The summed E-state index contributed by atoms with van der Waals surface area (Å²) in [6.07, 6.45) is 6.90. The minimum atomic E-state index is 0.0827. The molecule has 0 spiro atoms. The second kappa shape index (κ2) is 2.01. The minimum Gasteiger partial charge on any atom is -0.393 e. The summed E-state index contributed by atoms with van der Waals surface area (Å²) < 4.78 is 0. The van der Waals surface area contributed by atoms with E-state index in [0.29, 0.717) is 5.92 Å². The zero-order chi connectivity index (χ0) is 7.42. The zero-order valence-electron chi connectivity index (χ0n) is 6.87. The molecule has 1 heteroatoms. The van der Waals surface area contributed by atoms with Gasteiger partial charge in [-0.3, -0.25) is 0 Å². The molecule has 1 nitrogen and oxygen atoms in total. The quantitative estimate of drug-likeness (QED) is 0.561. The van der Waals surface area contributed by atoms with Crippen molar-refractivity contribution in [1.82, 2.24) is 0 Å². The van der Waals surface area contributed by atoms with E-state index >= 15 is 0 Å². The predicted octanol–water partition coefficient (Wildman–Crippen LogP) is 1.80. The normalized spacial score (nSPS) is 60.3.